The zero-order valence-electron chi connectivity index (χ0n) is 14.7. The van der Waals surface area contributed by atoms with Gasteiger partial charge in [0.05, 0.1) is 12.2 Å². The first kappa shape index (κ1) is 17.0. The summed E-state index contributed by atoms with van der Waals surface area (Å²) in [6, 6.07) is 15.2. The Morgan fingerprint density at radius 2 is 1.92 bits per heavy atom. The molecule has 1 aliphatic rings. The summed E-state index contributed by atoms with van der Waals surface area (Å²) in [6.07, 6.45) is -0.563. The molecule has 1 heterocycles. The Hall–Kier alpha value is -2.82. The number of rotatable bonds is 4. The highest BCUT2D eigenvalue weighted by atomic mass is 16.5. The number of fused-ring (bicyclic) bond motifs is 1. The van der Waals surface area contributed by atoms with E-state index in [1.165, 1.54) is 0 Å². The van der Waals surface area contributed by atoms with Gasteiger partial charge in [0.25, 0.3) is 5.91 Å². The van der Waals surface area contributed by atoms with Gasteiger partial charge in [-0.15, -0.1) is 0 Å². The Bertz CT molecular complexity index is 787. The maximum absolute atomic E-state index is 12.6. The van der Waals surface area contributed by atoms with Crippen molar-refractivity contribution in [1.29, 1.82) is 0 Å². The largest absolute Gasteiger partial charge is 0.479 e. The molecule has 2 amide bonds. The minimum atomic E-state index is -0.563. The first-order chi connectivity index (χ1) is 12.0. The second-order valence-electron chi connectivity index (χ2n) is 6.50. The molecule has 2 aromatic rings. The van der Waals surface area contributed by atoms with Gasteiger partial charge in [-0.2, -0.15) is 0 Å². The molecule has 0 saturated heterocycles. The molecule has 25 heavy (non-hydrogen) atoms. The van der Waals surface area contributed by atoms with Gasteiger partial charge in [-0.05, 0) is 24.6 Å². The lowest BCUT2D eigenvalue weighted by Gasteiger charge is -2.33. The number of nitrogens with one attached hydrogen (secondary N) is 1. The molecule has 0 bridgehead atoms. The molecule has 0 saturated carbocycles. The average molecular weight is 338 g/mol. The van der Waals surface area contributed by atoms with Gasteiger partial charge in [0, 0.05) is 17.7 Å². The maximum atomic E-state index is 12.6. The van der Waals surface area contributed by atoms with Crippen LogP contribution in [0.4, 0.5) is 11.4 Å². The van der Waals surface area contributed by atoms with E-state index in [0.717, 1.165) is 11.3 Å². The summed E-state index contributed by atoms with van der Waals surface area (Å²) in [7, 11) is 0. The first-order valence-corrected chi connectivity index (χ1v) is 8.42. The van der Waals surface area contributed by atoms with Crippen molar-refractivity contribution >= 4 is 23.2 Å². The quantitative estimate of drug-likeness (QED) is 0.927. The molecule has 0 aliphatic carbocycles. The molecule has 0 fully saturated rings. The third-order valence-corrected chi connectivity index (χ3v) is 4.14. The molecule has 0 aromatic heterocycles. The van der Waals surface area contributed by atoms with Crippen molar-refractivity contribution in [2.45, 2.75) is 33.4 Å². The number of anilines is 2. The predicted molar refractivity (Wildman–Crippen MR) is 97.6 cm³/mol. The number of benzene rings is 2. The van der Waals surface area contributed by atoms with Gasteiger partial charge in [0.15, 0.2) is 6.10 Å². The van der Waals surface area contributed by atoms with E-state index < -0.39 is 6.10 Å². The first-order valence-electron chi connectivity index (χ1n) is 8.42. The van der Waals surface area contributed by atoms with Crippen LogP contribution in [-0.2, 0) is 16.1 Å². The molecule has 1 atom stereocenters. The summed E-state index contributed by atoms with van der Waals surface area (Å²) in [6.45, 7) is 5.90. The monoisotopic (exact) mass is 338 g/mol. The van der Waals surface area contributed by atoms with E-state index in [1.54, 1.807) is 24.0 Å². The van der Waals surface area contributed by atoms with Crippen LogP contribution >= 0.6 is 0 Å². The molecule has 1 unspecified atom stereocenters. The number of hydrogen-bond acceptors (Lipinski definition) is 3. The van der Waals surface area contributed by atoms with Crippen LogP contribution in [0.25, 0.3) is 0 Å². The summed E-state index contributed by atoms with van der Waals surface area (Å²) >= 11 is 0. The van der Waals surface area contributed by atoms with E-state index in [9.17, 15) is 9.59 Å². The van der Waals surface area contributed by atoms with Crippen LogP contribution in [0.1, 0.15) is 26.3 Å². The molecule has 130 valence electrons. The van der Waals surface area contributed by atoms with E-state index in [4.69, 9.17) is 4.74 Å². The fourth-order valence-corrected chi connectivity index (χ4v) is 2.70. The van der Waals surface area contributed by atoms with Crippen molar-refractivity contribution in [3.05, 3.63) is 54.1 Å². The average Bonchev–Trinajstić information content (AvgIpc) is 2.59. The standard InChI is InChI=1S/C20H22N2O3/c1-13(2)19(23)21-16-9-10-17-18(11-16)25-14(3)20(24)22(17)12-15-7-5-4-6-8-15/h4-11,13-14H,12H2,1-3H3,(H,21,23). The highest BCUT2D eigenvalue weighted by molar-refractivity contribution is 6.00. The summed E-state index contributed by atoms with van der Waals surface area (Å²) in [5, 5.41) is 2.86. The fraction of sp³-hybridized carbons (Fsp3) is 0.300. The second-order valence-corrected chi connectivity index (χ2v) is 6.50. The van der Waals surface area contributed by atoms with Crippen molar-refractivity contribution in [1.82, 2.24) is 0 Å². The van der Waals surface area contributed by atoms with Crippen LogP contribution in [0.15, 0.2) is 48.5 Å². The Balaban J connectivity index is 1.90. The Labute approximate surface area is 147 Å². The second kappa shape index (κ2) is 6.97. The number of carbonyl (C=O) groups is 2. The minimum absolute atomic E-state index is 0.0546. The van der Waals surface area contributed by atoms with Crippen LogP contribution < -0.4 is 15.0 Å². The van der Waals surface area contributed by atoms with Crippen molar-refractivity contribution in [3.63, 3.8) is 0 Å². The minimum Gasteiger partial charge on any atom is -0.479 e. The highest BCUT2D eigenvalue weighted by Gasteiger charge is 2.31. The van der Waals surface area contributed by atoms with Crippen molar-refractivity contribution in [2.75, 3.05) is 10.2 Å². The zero-order valence-corrected chi connectivity index (χ0v) is 14.7. The van der Waals surface area contributed by atoms with Gasteiger partial charge in [-0.3, -0.25) is 9.59 Å². The third kappa shape index (κ3) is 3.65. The van der Waals surface area contributed by atoms with Crippen molar-refractivity contribution in [2.24, 2.45) is 5.92 Å². The van der Waals surface area contributed by atoms with Crippen LogP contribution in [0.5, 0.6) is 5.75 Å². The zero-order chi connectivity index (χ0) is 18.0. The van der Waals surface area contributed by atoms with Gasteiger partial charge in [0.2, 0.25) is 5.91 Å². The smallest absolute Gasteiger partial charge is 0.268 e. The number of nitrogens with zero attached hydrogens (tertiary/aromatic N) is 1. The molecule has 0 spiro atoms. The van der Waals surface area contributed by atoms with Crippen molar-refractivity contribution in [3.8, 4) is 5.75 Å². The fourth-order valence-electron chi connectivity index (χ4n) is 2.70. The van der Waals surface area contributed by atoms with Gasteiger partial charge < -0.3 is 15.0 Å². The van der Waals surface area contributed by atoms with Gasteiger partial charge in [-0.1, -0.05) is 44.2 Å². The number of ether oxygens (including phenoxy) is 1. The number of carbonyl (C=O) groups excluding carboxylic acids is 2. The molecule has 0 radical (unpaired) electrons. The molecular weight excluding hydrogens is 316 g/mol. The SMILES string of the molecule is CC(C)C(=O)Nc1ccc2c(c1)OC(C)C(=O)N2Cc1ccccc1. The summed E-state index contributed by atoms with van der Waals surface area (Å²) in [5.74, 6) is 0.368. The van der Waals surface area contributed by atoms with Gasteiger partial charge in [-0.25, -0.2) is 0 Å². The molecule has 1 N–H and O–H groups in total. The Morgan fingerprint density at radius 1 is 1.20 bits per heavy atom. The lowest BCUT2D eigenvalue weighted by Crippen LogP contribution is -2.44. The topological polar surface area (TPSA) is 58.6 Å². The summed E-state index contributed by atoms with van der Waals surface area (Å²) < 4.78 is 5.75. The molecule has 2 aromatic carbocycles. The third-order valence-electron chi connectivity index (χ3n) is 4.14. The predicted octanol–water partition coefficient (Wildman–Crippen LogP) is 3.60. The van der Waals surface area contributed by atoms with E-state index >= 15 is 0 Å². The Kier molecular flexibility index (Phi) is 4.74. The van der Waals surface area contributed by atoms with Gasteiger partial charge in [0.1, 0.15) is 5.75 Å². The van der Waals surface area contributed by atoms with E-state index in [2.05, 4.69) is 5.32 Å². The van der Waals surface area contributed by atoms with E-state index in [1.807, 2.05) is 50.2 Å². The molecule has 1 aliphatic heterocycles. The van der Waals surface area contributed by atoms with E-state index in [0.29, 0.717) is 18.0 Å². The molecular formula is C20H22N2O3. The lowest BCUT2D eigenvalue weighted by atomic mass is 10.1. The number of hydrogen-bond donors (Lipinski definition) is 1. The molecule has 5 nitrogen and oxygen atoms in total. The van der Waals surface area contributed by atoms with Crippen LogP contribution in [0.2, 0.25) is 0 Å². The highest BCUT2D eigenvalue weighted by Crippen LogP contribution is 2.37. The van der Waals surface area contributed by atoms with Crippen LogP contribution in [-0.4, -0.2) is 17.9 Å². The van der Waals surface area contributed by atoms with Gasteiger partial charge >= 0.3 is 0 Å². The number of amides is 2. The Morgan fingerprint density at radius 3 is 2.60 bits per heavy atom. The van der Waals surface area contributed by atoms with E-state index in [-0.39, 0.29) is 17.7 Å². The van der Waals surface area contributed by atoms with Crippen molar-refractivity contribution < 1.29 is 14.3 Å². The van der Waals surface area contributed by atoms with Crippen LogP contribution in [0.3, 0.4) is 0 Å². The summed E-state index contributed by atoms with van der Waals surface area (Å²) in [4.78, 5) is 26.2. The summed E-state index contributed by atoms with van der Waals surface area (Å²) in [5.41, 5.74) is 2.43. The molecule has 3 rings (SSSR count). The lowest BCUT2D eigenvalue weighted by molar-refractivity contribution is -0.125. The normalized spacial score (nSPS) is 16.4. The maximum Gasteiger partial charge on any atom is 0.268 e. The van der Waals surface area contributed by atoms with Crippen LogP contribution in [0, 0.1) is 5.92 Å². The molecule has 5 heteroatoms.